The summed E-state index contributed by atoms with van der Waals surface area (Å²) in [6, 6.07) is 5.77. The normalized spacial score (nSPS) is 18.0. The fourth-order valence-corrected chi connectivity index (χ4v) is 3.83. The minimum absolute atomic E-state index is 0.0233. The molecule has 6 heteroatoms. The second-order valence-corrected chi connectivity index (χ2v) is 6.18. The molecule has 0 radical (unpaired) electrons. The van der Waals surface area contributed by atoms with Crippen LogP contribution in [0.25, 0.3) is 5.65 Å². The lowest BCUT2D eigenvalue weighted by molar-refractivity contribution is 0.0673. The number of rotatable bonds is 1. The van der Waals surface area contributed by atoms with Crippen LogP contribution in [0.5, 0.6) is 0 Å². The van der Waals surface area contributed by atoms with Gasteiger partial charge in [-0.25, -0.2) is 9.50 Å². The molecular formula is C15H14N4OS. The number of hydrogen-bond donors (Lipinski definition) is 0. The number of thiophene rings is 1. The average molecular weight is 298 g/mol. The molecule has 0 N–H and O–H groups in total. The molecule has 4 rings (SSSR count). The van der Waals surface area contributed by atoms with Crippen LogP contribution in [0, 0.1) is 0 Å². The van der Waals surface area contributed by atoms with E-state index in [2.05, 4.69) is 28.5 Å². The van der Waals surface area contributed by atoms with E-state index in [1.165, 1.54) is 10.4 Å². The summed E-state index contributed by atoms with van der Waals surface area (Å²) < 4.78 is 1.64. The smallest absolute Gasteiger partial charge is 0.274 e. The molecule has 1 aliphatic heterocycles. The third-order valence-electron chi connectivity index (χ3n) is 3.99. The zero-order chi connectivity index (χ0) is 14.4. The Kier molecular flexibility index (Phi) is 2.78. The van der Waals surface area contributed by atoms with Gasteiger partial charge < -0.3 is 4.90 Å². The van der Waals surface area contributed by atoms with Gasteiger partial charge in [0.15, 0.2) is 11.3 Å². The third kappa shape index (κ3) is 1.94. The Labute approximate surface area is 125 Å². The maximum absolute atomic E-state index is 12.7. The van der Waals surface area contributed by atoms with Gasteiger partial charge in [-0.3, -0.25) is 4.79 Å². The summed E-state index contributed by atoms with van der Waals surface area (Å²) in [5.74, 6) is -0.0233. The molecule has 3 aromatic rings. The maximum atomic E-state index is 12.7. The van der Waals surface area contributed by atoms with E-state index in [0.29, 0.717) is 11.3 Å². The fourth-order valence-electron chi connectivity index (χ4n) is 2.87. The lowest BCUT2D eigenvalue weighted by Gasteiger charge is -2.33. The van der Waals surface area contributed by atoms with Gasteiger partial charge in [0.1, 0.15) is 0 Å². The van der Waals surface area contributed by atoms with Crippen LogP contribution < -0.4 is 0 Å². The Morgan fingerprint density at radius 3 is 3.24 bits per heavy atom. The molecule has 0 aromatic carbocycles. The van der Waals surface area contributed by atoms with Crippen molar-refractivity contribution in [1.82, 2.24) is 19.5 Å². The Hall–Kier alpha value is -2.21. The molecule has 3 aromatic heterocycles. The van der Waals surface area contributed by atoms with Gasteiger partial charge in [-0.15, -0.1) is 11.3 Å². The molecule has 1 atom stereocenters. The highest BCUT2D eigenvalue weighted by Gasteiger charge is 2.30. The van der Waals surface area contributed by atoms with Crippen LogP contribution in [-0.4, -0.2) is 31.9 Å². The highest BCUT2D eigenvalue weighted by molar-refractivity contribution is 7.10. The summed E-state index contributed by atoms with van der Waals surface area (Å²) in [4.78, 5) is 20.2. The van der Waals surface area contributed by atoms with E-state index >= 15 is 0 Å². The van der Waals surface area contributed by atoms with Crippen LogP contribution in [0.4, 0.5) is 0 Å². The van der Waals surface area contributed by atoms with Crippen LogP contribution in [0.1, 0.15) is 33.9 Å². The first-order valence-electron chi connectivity index (χ1n) is 6.91. The predicted molar refractivity (Wildman–Crippen MR) is 80.5 cm³/mol. The highest BCUT2D eigenvalue weighted by atomic mass is 32.1. The van der Waals surface area contributed by atoms with Crippen LogP contribution in [-0.2, 0) is 6.42 Å². The zero-order valence-electron chi connectivity index (χ0n) is 11.6. The first kappa shape index (κ1) is 12.5. The minimum atomic E-state index is -0.0233. The molecule has 0 fully saturated rings. The average Bonchev–Trinajstić information content (AvgIpc) is 3.13. The Morgan fingerprint density at radius 1 is 1.48 bits per heavy atom. The Balaban J connectivity index is 1.69. The van der Waals surface area contributed by atoms with Gasteiger partial charge in [-0.1, -0.05) is 0 Å². The summed E-state index contributed by atoms with van der Waals surface area (Å²) in [5, 5.41) is 6.43. The highest BCUT2D eigenvalue weighted by Crippen LogP contribution is 2.33. The van der Waals surface area contributed by atoms with Crippen LogP contribution in [0.15, 0.2) is 36.0 Å². The number of aromatic nitrogens is 3. The molecule has 106 valence electrons. The monoisotopic (exact) mass is 298 g/mol. The van der Waals surface area contributed by atoms with Crippen molar-refractivity contribution < 1.29 is 4.79 Å². The largest absolute Gasteiger partial charge is 0.330 e. The molecule has 1 aliphatic rings. The van der Waals surface area contributed by atoms with Crippen molar-refractivity contribution in [2.75, 3.05) is 6.54 Å². The van der Waals surface area contributed by atoms with Crippen molar-refractivity contribution in [3.8, 4) is 0 Å². The van der Waals surface area contributed by atoms with Crippen molar-refractivity contribution in [3.63, 3.8) is 0 Å². The fraction of sp³-hybridized carbons (Fsp3) is 0.267. The number of amides is 1. The lowest BCUT2D eigenvalue weighted by Crippen LogP contribution is -2.38. The van der Waals surface area contributed by atoms with Gasteiger partial charge in [0.2, 0.25) is 0 Å². The van der Waals surface area contributed by atoms with E-state index in [4.69, 9.17) is 0 Å². The van der Waals surface area contributed by atoms with Crippen LogP contribution in [0.3, 0.4) is 0 Å². The zero-order valence-corrected chi connectivity index (χ0v) is 12.4. The van der Waals surface area contributed by atoms with Gasteiger partial charge in [0.25, 0.3) is 5.91 Å². The van der Waals surface area contributed by atoms with E-state index in [9.17, 15) is 4.79 Å². The topological polar surface area (TPSA) is 50.5 Å². The van der Waals surface area contributed by atoms with E-state index in [1.54, 1.807) is 40.4 Å². The molecule has 1 amide bonds. The van der Waals surface area contributed by atoms with Gasteiger partial charge in [0, 0.05) is 29.9 Å². The number of nitrogens with zero attached hydrogens (tertiary/aromatic N) is 4. The number of hydrogen-bond acceptors (Lipinski definition) is 4. The third-order valence-corrected chi connectivity index (χ3v) is 4.99. The summed E-state index contributed by atoms with van der Waals surface area (Å²) in [7, 11) is 0. The molecule has 0 aliphatic carbocycles. The van der Waals surface area contributed by atoms with E-state index in [-0.39, 0.29) is 11.9 Å². The summed E-state index contributed by atoms with van der Waals surface area (Å²) in [6.45, 7) is 2.82. The predicted octanol–water partition coefficient (Wildman–Crippen LogP) is 2.55. The van der Waals surface area contributed by atoms with Gasteiger partial charge >= 0.3 is 0 Å². The van der Waals surface area contributed by atoms with Crippen molar-refractivity contribution in [2.45, 2.75) is 19.4 Å². The standard InChI is InChI=1S/C15H14N4OS/c1-10-11-4-8-21-13(11)3-7-18(10)15(20)12-9-14-16-5-2-6-19(14)17-12/h2,4-6,8-10H,3,7H2,1H3/t10-/m1/s1. The van der Waals surface area contributed by atoms with E-state index < -0.39 is 0 Å². The van der Waals surface area contributed by atoms with Gasteiger partial charge in [-0.2, -0.15) is 5.10 Å². The molecular weight excluding hydrogens is 284 g/mol. The van der Waals surface area contributed by atoms with Crippen molar-refractivity contribution in [2.24, 2.45) is 0 Å². The Bertz CT molecular complexity index is 789. The van der Waals surface area contributed by atoms with E-state index in [0.717, 1.165) is 13.0 Å². The second kappa shape index (κ2) is 4.66. The van der Waals surface area contributed by atoms with Gasteiger partial charge in [-0.05, 0) is 36.4 Å². The molecule has 4 heterocycles. The molecule has 5 nitrogen and oxygen atoms in total. The van der Waals surface area contributed by atoms with Crippen molar-refractivity contribution in [1.29, 1.82) is 0 Å². The molecule has 21 heavy (non-hydrogen) atoms. The Morgan fingerprint density at radius 2 is 2.38 bits per heavy atom. The number of carbonyl (C=O) groups excluding carboxylic acids is 1. The quantitative estimate of drug-likeness (QED) is 0.694. The maximum Gasteiger partial charge on any atom is 0.274 e. The van der Waals surface area contributed by atoms with Crippen LogP contribution in [0.2, 0.25) is 0 Å². The van der Waals surface area contributed by atoms with Gasteiger partial charge in [0.05, 0.1) is 6.04 Å². The first-order valence-corrected chi connectivity index (χ1v) is 7.79. The van der Waals surface area contributed by atoms with Crippen molar-refractivity contribution >= 4 is 22.9 Å². The summed E-state index contributed by atoms with van der Waals surface area (Å²) >= 11 is 1.77. The van der Waals surface area contributed by atoms with Crippen molar-refractivity contribution in [3.05, 3.63) is 52.1 Å². The van der Waals surface area contributed by atoms with Crippen LogP contribution >= 0.6 is 11.3 Å². The first-order chi connectivity index (χ1) is 10.2. The SMILES string of the molecule is C[C@@H]1c2ccsc2CCN1C(=O)c1cc2ncccn2n1. The lowest BCUT2D eigenvalue weighted by atomic mass is 10.0. The molecule has 0 bridgehead atoms. The summed E-state index contributed by atoms with van der Waals surface area (Å²) in [6.07, 6.45) is 4.43. The summed E-state index contributed by atoms with van der Waals surface area (Å²) in [5.41, 5.74) is 2.42. The molecule has 0 spiro atoms. The minimum Gasteiger partial charge on any atom is -0.330 e. The second-order valence-electron chi connectivity index (χ2n) is 5.18. The van der Waals surface area contributed by atoms with E-state index in [1.807, 2.05) is 4.90 Å². The number of fused-ring (bicyclic) bond motifs is 2. The number of carbonyl (C=O) groups is 1. The molecule has 0 unspecified atom stereocenters. The molecule has 0 saturated heterocycles. The molecule has 0 saturated carbocycles.